The van der Waals surface area contributed by atoms with Crippen molar-refractivity contribution in [2.75, 3.05) is 11.4 Å². The maximum Gasteiger partial charge on any atom is 0.325 e. The van der Waals surface area contributed by atoms with Crippen LogP contribution in [-0.2, 0) is 11.3 Å². The largest absolute Gasteiger partial charge is 0.480 e. The third-order valence-electron chi connectivity index (χ3n) is 3.38. The van der Waals surface area contributed by atoms with E-state index in [1.807, 2.05) is 28.8 Å². The van der Waals surface area contributed by atoms with Crippen LogP contribution in [0.1, 0.15) is 6.92 Å². The SMILES string of the molecule is C[C@H](NC(=O)N1CCn2c1nc1ccccc12)C(=O)O. The first kappa shape index (κ1) is 12.5. The van der Waals surface area contributed by atoms with Crippen molar-refractivity contribution in [3.63, 3.8) is 0 Å². The number of carboxylic acids is 1. The molecule has 20 heavy (non-hydrogen) atoms. The fourth-order valence-electron chi connectivity index (χ4n) is 2.31. The van der Waals surface area contributed by atoms with Crippen LogP contribution < -0.4 is 10.2 Å². The molecule has 1 aliphatic rings. The Morgan fingerprint density at radius 1 is 1.35 bits per heavy atom. The first-order chi connectivity index (χ1) is 9.58. The lowest BCUT2D eigenvalue weighted by atomic mass is 10.3. The number of nitrogens with one attached hydrogen (secondary N) is 1. The molecule has 1 aliphatic heterocycles. The molecule has 0 unspecified atom stereocenters. The van der Waals surface area contributed by atoms with Crippen molar-refractivity contribution >= 4 is 29.0 Å². The minimum absolute atomic E-state index is 0.436. The average Bonchev–Trinajstić information content (AvgIpc) is 2.96. The lowest BCUT2D eigenvalue weighted by molar-refractivity contribution is -0.138. The van der Waals surface area contributed by atoms with Gasteiger partial charge < -0.3 is 15.0 Å². The highest BCUT2D eigenvalue weighted by atomic mass is 16.4. The molecule has 3 rings (SSSR count). The van der Waals surface area contributed by atoms with Gasteiger partial charge in [-0.05, 0) is 19.1 Å². The number of aliphatic carboxylic acids is 1. The predicted octanol–water partition coefficient (Wildman–Crippen LogP) is 1.04. The Hall–Kier alpha value is -2.57. The second-order valence-corrected chi connectivity index (χ2v) is 4.71. The number of amides is 2. The van der Waals surface area contributed by atoms with E-state index in [0.29, 0.717) is 19.0 Å². The fraction of sp³-hybridized carbons (Fsp3) is 0.308. The van der Waals surface area contributed by atoms with Gasteiger partial charge in [0.1, 0.15) is 6.04 Å². The summed E-state index contributed by atoms with van der Waals surface area (Å²) in [6.45, 7) is 2.58. The molecular weight excluding hydrogens is 260 g/mol. The zero-order chi connectivity index (χ0) is 14.3. The molecule has 1 aromatic heterocycles. The molecule has 7 heteroatoms. The third-order valence-corrected chi connectivity index (χ3v) is 3.38. The lowest BCUT2D eigenvalue weighted by Gasteiger charge is -2.17. The Morgan fingerprint density at radius 3 is 2.85 bits per heavy atom. The summed E-state index contributed by atoms with van der Waals surface area (Å²) in [6, 6.07) is 6.29. The highest BCUT2D eigenvalue weighted by Gasteiger charge is 2.29. The van der Waals surface area contributed by atoms with Gasteiger partial charge in [-0.3, -0.25) is 9.69 Å². The van der Waals surface area contributed by atoms with Crippen molar-refractivity contribution < 1.29 is 14.7 Å². The highest BCUT2D eigenvalue weighted by Crippen LogP contribution is 2.26. The molecule has 0 radical (unpaired) electrons. The van der Waals surface area contributed by atoms with Crippen LogP contribution in [0, 0.1) is 0 Å². The molecule has 0 spiro atoms. The number of anilines is 1. The summed E-state index contributed by atoms with van der Waals surface area (Å²) in [7, 11) is 0. The van der Waals surface area contributed by atoms with Crippen molar-refractivity contribution in [1.29, 1.82) is 0 Å². The fourth-order valence-corrected chi connectivity index (χ4v) is 2.31. The summed E-state index contributed by atoms with van der Waals surface area (Å²) in [4.78, 5) is 28.8. The predicted molar refractivity (Wildman–Crippen MR) is 72.7 cm³/mol. The van der Waals surface area contributed by atoms with E-state index in [1.165, 1.54) is 11.8 Å². The number of aromatic nitrogens is 2. The van der Waals surface area contributed by atoms with Gasteiger partial charge in [-0.1, -0.05) is 12.1 Å². The van der Waals surface area contributed by atoms with Gasteiger partial charge in [0.05, 0.1) is 11.0 Å². The molecule has 104 valence electrons. The molecule has 7 nitrogen and oxygen atoms in total. The van der Waals surface area contributed by atoms with E-state index in [2.05, 4.69) is 10.3 Å². The summed E-state index contributed by atoms with van der Waals surface area (Å²) >= 11 is 0. The Morgan fingerprint density at radius 2 is 2.10 bits per heavy atom. The van der Waals surface area contributed by atoms with E-state index in [-0.39, 0.29) is 0 Å². The summed E-state index contributed by atoms with van der Waals surface area (Å²) in [5.41, 5.74) is 1.80. The molecular formula is C13H14N4O3. The Balaban J connectivity index is 1.89. The van der Waals surface area contributed by atoms with E-state index < -0.39 is 18.0 Å². The molecule has 2 N–H and O–H groups in total. The van der Waals surface area contributed by atoms with Crippen LogP contribution in [0.5, 0.6) is 0 Å². The van der Waals surface area contributed by atoms with E-state index in [9.17, 15) is 9.59 Å². The van der Waals surface area contributed by atoms with Crippen LogP contribution in [0.2, 0.25) is 0 Å². The Bertz CT molecular complexity index is 694. The molecule has 1 aromatic carbocycles. The molecule has 0 fully saturated rings. The van der Waals surface area contributed by atoms with E-state index in [4.69, 9.17) is 5.11 Å². The second kappa shape index (κ2) is 4.52. The van der Waals surface area contributed by atoms with Crippen molar-refractivity contribution in [2.45, 2.75) is 19.5 Å². The molecule has 0 aliphatic carbocycles. The summed E-state index contributed by atoms with van der Waals surface area (Å²) in [5.74, 6) is -0.507. The van der Waals surface area contributed by atoms with Crippen LogP contribution in [0.3, 0.4) is 0 Å². The van der Waals surface area contributed by atoms with Gasteiger partial charge in [-0.25, -0.2) is 9.78 Å². The van der Waals surface area contributed by atoms with Crippen LogP contribution in [0.25, 0.3) is 11.0 Å². The van der Waals surface area contributed by atoms with Crippen LogP contribution in [0.15, 0.2) is 24.3 Å². The van der Waals surface area contributed by atoms with E-state index >= 15 is 0 Å². The molecule has 0 saturated carbocycles. The third kappa shape index (κ3) is 1.87. The van der Waals surface area contributed by atoms with Crippen LogP contribution in [-0.4, -0.2) is 39.2 Å². The number of benzene rings is 1. The maximum atomic E-state index is 12.1. The highest BCUT2D eigenvalue weighted by molar-refractivity contribution is 5.95. The number of hydrogen-bond donors (Lipinski definition) is 2. The number of hydrogen-bond acceptors (Lipinski definition) is 3. The van der Waals surface area contributed by atoms with Gasteiger partial charge in [0.2, 0.25) is 5.95 Å². The minimum atomic E-state index is -1.06. The first-order valence-corrected chi connectivity index (χ1v) is 6.34. The molecule has 2 amide bonds. The van der Waals surface area contributed by atoms with Gasteiger partial charge in [-0.15, -0.1) is 0 Å². The Kier molecular flexibility index (Phi) is 2.81. The summed E-state index contributed by atoms with van der Waals surface area (Å²) < 4.78 is 1.96. The number of para-hydroxylation sites is 2. The summed E-state index contributed by atoms with van der Waals surface area (Å²) in [5, 5.41) is 11.3. The first-order valence-electron chi connectivity index (χ1n) is 6.34. The monoisotopic (exact) mass is 274 g/mol. The lowest BCUT2D eigenvalue weighted by Crippen LogP contribution is -2.46. The van der Waals surface area contributed by atoms with Gasteiger partial charge >= 0.3 is 12.0 Å². The van der Waals surface area contributed by atoms with Crippen molar-refractivity contribution in [2.24, 2.45) is 0 Å². The molecule has 2 heterocycles. The number of rotatable bonds is 2. The zero-order valence-electron chi connectivity index (χ0n) is 10.9. The number of carboxylic acid groups (broad SMARTS) is 1. The number of carbonyl (C=O) groups is 2. The maximum absolute atomic E-state index is 12.1. The number of fused-ring (bicyclic) bond motifs is 3. The standard InChI is InChI=1S/C13H14N4O3/c1-8(11(18)19)14-13(20)17-7-6-16-10-5-3-2-4-9(10)15-12(16)17/h2-5,8H,6-7H2,1H3,(H,14,20)(H,18,19)/t8-/m0/s1. The average molecular weight is 274 g/mol. The second-order valence-electron chi connectivity index (χ2n) is 4.71. The van der Waals surface area contributed by atoms with Crippen LogP contribution >= 0.6 is 0 Å². The molecule has 0 bridgehead atoms. The van der Waals surface area contributed by atoms with E-state index in [1.54, 1.807) is 0 Å². The topological polar surface area (TPSA) is 87.5 Å². The smallest absolute Gasteiger partial charge is 0.325 e. The molecule has 0 saturated heterocycles. The number of urea groups is 1. The van der Waals surface area contributed by atoms with Gasteiger partial charge in [0.25, 0.3) is 0 Å². The normalized spacial score (nSPS) is 15.2. The van der Waals surface area contributed by atoms with Crippen molar-refractivity contribution in [1.82, 2.24) is 14.9 Å². The molecule has 2 aromatic rings. The number of carbonyl (C=O) groups excluding carboxylic acids is 1. The van der Waals surface area contributed by atoms with Crippen molar-refractivity contribution in [3.05, 3.63) is 24.3 Å². The zero-order valence-corrected chi connectivity index (χ0v) is 10.9. The van der Waals surface area contributed by atoms with Gasteiger partial charge in [-0.2, -0.15) is 0 Å². The van der Waals surface area contributed by atoms with Crippen LogP contribution in [0.4, 0.5) is 10.7 Å². The Labute approximate surface area is 114 Å². The quantitative estimate of drug-likeness (QED) is 0.856. The number of nitrogens with zero attached hydrogens (tertiary/aromatic N) is 3. The minimum Gasteiger partial charge on any atom is -0.480 e. The van der Waals surface area contributed by atoms with Gasteiger partial charge in [0.15, 0.2) is 0 Å². The molecule has 1 atom stereocenters. The number of imidazole rings is 1. The van der Waals surface area contributed by atoms with E-state index in [0.717, 1.165) is 11.0 Å². The van der Waals surface area contributed by atoms with Crippen molar-refractivity contribution in [3.8, 4) is 0 Å². The van der Waals surface area contributed by atoms with Gasteiger partial charge in [0, 0.05) is 13.1 Å². The summed E-state index contributed by atoms with van der Waals surface area (Å²) in [6.07, 6.45) is 0.